The van der Waals surface area contributed by atoms with Crippen molar-refractivity contribution in [2.24, 2.45) is 0 Å². The smallest absolute Gasteiger partial charge is 0.268 e. The summed E-state index contributed by atoms with van der Waals surface area (Å²) in [5, 5.41) is 0. The van der Waals surface area contributed by atoms with Crippen LogP contribution in [-0.4, -0.2) is 42.4 Å². The second kappa shape index (κ2) is 5.99. The van der Waals surface area contributed by atoms with E-state index < -0.39 is 29.7 Å². The Balaban J connectivity index is 2.54. The first-order valence-electron chi connectivity index (χ1n) is 6.45. The lowest BCUT2D eigenvalue weighted by molar-refractivity contribution is -0.154. The van der Waals surface area contributed by atoms with Crippen LogP contribution in [0.3, 0.4) is 0 Å². The van der Waals surface area contributed by atoms with Crippen molar-refractivity contribution in [3.63, 3.8) is 0 Å². The Bertz CT molecular complexity index is 619. The molecular weight excluding hydrogens is 277 g/mol. The number of piperidine rings is 1. The van der Waals surface area contributed by atoms with E-state index in [0.29, 0.717) is 5.56 Å². The van der Waals surface area contributed by atoms with Crippen LogP contribution in [0, 0.1) is 5.82 Å². The van der Waals surface area contributed by atoms with Gasteiger partial charge >= 0.3 is 0 Å². The van der Waals surface area contributed by atoms with Gasteiger partial charge in [-0.2, -0.15) is 0 Å². The van der Waals surface area contributed by atoms with Crippen molar-refractivity contribution in [2.45, 2.75) is 18.9 Å². The zero-order valence-electron chi connectivity index (χ0n) is 11.6. The molecule has 2 unspecified atom stereocenters. The quantitative estimate of drug-likeness (QED) is 0.475. The van der Waals surface area contributed by atoms with Crippen LogP contribution in [0.15, 0.2) is 29.8 Å². The Kier molecular flexibility index (Phi) is 4.31. The standard InChI is InChI=1S/C15H14FNO4/c1-3-21-13-12(9-4-6-10(16)7-5-9)11(8-18)14(19)17(2)15(13)20/h4-7,12-13H,3H2,1-2H3. The Morgan fingerprint density at radius 3 is 2.43 bits per heavy atom. The molecule has 0 aromatic heterocycles. The van der Waals surface area contributed by atoms with Crippen molar-refractivity contribution < 1.29 is 23.5 Å². The maximum atomic E-state index is 13.0. The second-order valence-corrected chi connectivity index (χ2v) is 4.62. The molecule has 0 radical (unpaired) electrons. The van der Waals surface area contributed by atoms with E-state index in [4.69, 9.17) is 4.74 Å². The number of rotatable bonds is 3. The molecule has 1 aromatic rings. The summed E-state index contributed by atoms with van der Waals surface area (Å²) in [5.41, 5.74) is 0.269. The minimum atomic E-state index is -1.00. The van der Waals surface area contributed by atoms with Crippen molar-refractivity contribution in [2.75, 3.05) is 13.7 Å². The zero-order chi connectivity index (χ0) is 15.6. The number of benzene rings is 1. The van der Waals surface area contributed by atoms with E-state index in [1.54, 1.807) is 12.9 Å². The highest BCUT2D eigenvalue weighted by atomic mass is 19.1. The number of ether oxygens (including phenoxy) is 1. The average molecular weight is 291 g/mol. The van der Waals surface area contributed by atoms with Crippen LogP contribution < -0.4 is 0 Å². The zero-order valence-corrected chi connectivity index (χ0v) is 11.6. The third-order valence-electron chi connectivity index (χ3n) is 3.41. The number of carbonyl (C=O) groups is 2. The summed E-state index contributed by atoms with van der Waals surface area (Å²) in [6, 6.07) is 5.26. The Morgan fingerprint density at radius 1 is 1.29 bits per heavy atom. The molecule has 0 bridgehead atoms. The topological polar surface area (TPSA) is 63.7 Å². The van der Waals surface area contributed by atoms with E-state index in [1.165, 1.54) is 31.3 Å². The molecule has 1 aliphatic rings. The fraction of sp³-hybridized carbons (Fsp3) is 0.333. The average Bonchev–Trinajstić information content (AvgIpc) is 2.49. The summed E-state index contributed by atoms with van der Waals surface area (Å²) in [7, 11) is 1.29. The van der Waals surface area contributed by atoms with Crippen LogP contribution in [-0.2, 0) is 19.1 Å². The predicted molar refractivity (Wildman–Crippen MR) is 71.5 cm³/mol. The summed E-state index contributed by atoms with van der Waals surface area (Å²) < 4.78 is 18.4. The maximum Gasteiger partial charge on any atom is 0.268 e. The number of likely N-dealkylation sites (N-methyl/N-ethyl adjacent to an activating group) is 1. The molecule has 2 rings (SSSR count). The number of nitrogens with zero attached hydrogens (tertiary/aromatic N) is 1. The summed E-state index contributed by atoms with van der Waals surface area (Å²) in [6.07, 6.45) is -1.00. The first-order chi connectivity index (χ1) is 10.0. The van der Waals surface area contributed by atoms with E-state index in [-0.39, 0.29) is 12.2 Å². The Hall–Kier alpha value is -2.30. The fourth-order valence-corrected chi connectivity index (χ4v) is 2.36. The minimum absolute atomic E-state index is 0.192. The van der Waals surface area contributed by atoms with E-state index >= 15 is 0 Å². The molecule has 2 atom stereocenters. The van der Waals surface area contributed by atoms with Gasteiger partial charge in [-0.05, 0) is 24.6 Å². The van der Waals surface area contributed by atoms with Gasteiger partial charge in [0.25, 0.3) is 11.8 Å². The van der Waals surface area contributed by atoms with Gasteiger partial charge in [-0.3, -0.25) is 14.5 Å². The highest BCUT2D eigenvalue weighted by Crippen LogP contribution is 2.34. The van der Waals surface area contributed by atoms with Crippen molar-refractivity contribution in [1.82, 2.24) is 4.90 Å². The normalized spacial score (nSPS) is 22.4. The molecule has 0 N–H and O–H groups in total. The van der Waals surface area contributed by atoms with Crippen molar-refractivity contribution in [3.05, 3.63) is 41.2 Å². The molecule has 6 heteroatoms. The molecular formula is C15H14FNO4. The van der Waals surface area contributed by atoms with Crippen molar-refractivity contribution in [3.8, 4) is 0 Å². The van der Waals surface area contributed by atoms with E-state index in [0.717, 1.165) is 4.90 Å². The second-order valence-electron chi connectivity index (χ2n) is 4.62. The maximum absolute atomic E-state index is 13.0. The van der Waals surface area contributed by atoms with Crippen molar-refractivity contribution >= 4 is 17.8 Å². The van der Waals surface area contributed by atoms with Gasteiger partial charge in [0, 0.05) is 13.7 Å². The largest absolute Gasteiger partial charge is 0.368 e. The lowest BCUT2D eigenvalue weighted by atomic mass is 9.82. The Labute approximate surface area is 121 Å². The predicted octanol–water partition coefficient (Wildman–Crippen LogP) is 1.07. The number of imide groups is 1. The van der Waals surface area contributed by atoms with E-state index in [2.05, 4.69) is 0 Å². The summed E-state index contributed by atoms with van der Waals surface area (Å²) in [6.45, 7) is 1.94. The van der Waals surface area contributed by atoms with Gasteiger partial charge in [0.05, 0.1) is 5.92 Å². The number of carbonyl (C=O) groups excluding carboxylic acids is 3. The van der Waals surface area contributed by atoms with Crippen LogP contribution in [0.25, 0.3) is 0 Å². The third kappa shape index (κ3) is 2.63. The van der Waals surface area contributed by atoms with Gasteiger partial charge in [0.1, 0.15) is 23.4 Å². The van der Waals surface area contributed by atoms with Crippen LogP contribution >= 0.6 is 0 Å². The van der Waals surface area contributed by atoms with Crippen LogP contribution in [0.1, 0.15) is 18.4 Å². The summed E-state index contributed by atoms with van der Waals surface area (Å²) in [5.74, 6) is -0.960. The number of halogens is 1. The molecule has 0 aliphatic carbocycles. The molecule has 1 aromatic carbocycles. The van der Waals surface area contributed by atoms with Gasteiger partial charge in [0.15, 0.2) is 0 Å². The molecule has 21 heavy (non-hydrogen) atoms. The highest BCUT2D eigenvalue weighted by Gasteiger charge is 2.45. The fourth-order valence-electron chi connectivity index (χ4n) is 2.36. The molecule has 0 saturated carbocycles. The number of hydrogen-bond donors (Lipinski definition) is 0. The molecule has 1 aliphatic heterocycles. The highest BCUT2D eigenvalue weighted by molar-refractivity contribution is 6.14. The number of likely N-dealkylation sites (tertiary alicyclic amines) is 1. The van der Waals surface area contributed by atoms with Crippen molar-refractivity contribution in [1.29, 1.82) is 0 Å². The molecule has 1 heterocycles. The number of hydrogen-bond acceptors (Lipinski definition) is 4. The first-order valence-corrected chi connectivity index (χ1v) is 6.45. The van der Waals surface area contributed by atoms with Gasteiger partial charge in [-0.1, -0.05) is 12.1 Å². The van der Waals surface area contributed by atoms with Gasteiger partial charge in [-0.25, -0.2) is 9.18 Å². The van der Waals surface area contributed by atoms with Gasteiger partial charge in [0.2, 0.25) is 0 Å². The van der Waals surface area contributed by atoms with Crippen LogP contribution in [0.5, 0.6) is 0 Å². The SMILES string of the molecule is CCOC1C(=O)N(C)C(=O)C(=C=O)C1c1ccc(F)cc1. The van der Waals surface area contributed by atoms with E-state index in [9.17, 15) is 18.8 Å². The van der Waals surface area contributed by atoms with Gasteiger partial charge in [-0.15, -0.1) is 0 Å². The van der Waals surface area contributed by atoms with Crippen LogP contribution in [0.2, 0.25) is 0 Å². The lowest BCUT2D eigenvalue weighted by Gasteiger charge is -2.34. The monoisotopic (exact) mass is 291 g/mol. The molecule has 5 nitrogen and oxygen atoms in total. The minimum Gasteiger partial charge on any atom is -0.368 e. The molecule has 2 amide bonds. The molecule has 0 spiro atoms. The molecule has 1 fully saturated rings. The van der Waals surface area contributed by atoms with E-state index in [1.807, 2.05) is 0 Å². The van der Waals surface area contributed by atoms with Crippen LogP contribution in [0.4, 0.5) is 4.39 Å². The Morgan fingerprint density at radius 2 is 1.90 bits per heavy atom. The first kappa shape index (κ1) is 15.1. The lowest BCUT2D eigenvalue weighted by Crippen LogP contribution is -2.51. The molecule has 1 saturated heterocycles. The molecule has 110 valence electrons. The summed E-state index contributed by atoms with van der Waals surface area (Å²) >= 11 is 0. The number of amides is 2. The summed E-state index contributed by atoms with van der Waals surface area (Å²) in [4.78, 5) is 36.3. The third-order valence-corrected chi connectivity index (χ3v) is 3.41. The van der Waals surface area contributed by atoms with Gasteiger partial charge < -0.3 is 4.74 Å².